The van der Waals surface area contributed by atoms with E-state index in [2.05, 4.69) is 15.5 Å². The molecule has 2 aromatic rings. The predicted octanol–water partition coefficient (Wildman–Crippen LogP) is 4.94. The molecule has 0 spiro atoms. The third-order valence-corrected chi connectivity index (χ3v) is 5.07. The van der Waals surface area contributed by atoms with Gasteiger partial charge >= 0.3 is 6.18 Å². The van der Waals surface area contributed by atoms with Gasteiger partial charge in [0, 0.05) is 36.6 Å². The van der Waals surface area contributed by atoms with E-state index in [1.165, 1.54) is 12.1 Å². The number of nitrogens with zero attached hydrogens (tertiary/aromatic N) is 1. The van der Waals surface area contributed by atoms with Crippen molar-refractivity contribution in [2.24, 2.45) is 5.92 Å². The molecule has 0 aromatic heterocycles. The molecule has 5 nitrogen and oxygen atoms in total. The van der Waals surface area contributed by atoms with Gasteiger partial charge in [0.15, 0.2) is 0 Å². The van der Waals surface area contributed by atoms with E-state index >= 15 is 0 Å². The van der Waals surface area contributed by atoms with Crippen LogP contribution in [0.5, 0.6) is 0 Å². The highest BCUT2D eigenvalue weighted by Gasteiger charge is 2.31. The number of halogens is 3. The second-order valence-corrected chi connectivity index (χ2v) is 8.06. The molecule has 2 N–H and O–H groups in total. The molecule has 0 aliphatic carbocycles. The molecule has 0 atom stereocenters. The summed E-state index contributed by atoms with van der Waals surface area (Å²) in [6.07, 6.45) is -2.45. The Morgan fingerprint density at radius 1 is 1.03 bits per heavy atom. The van der Waals surface area contributed by atoms with E-state index in [-0.39, 0.29) is 17.4 Å². The highest BCUT2D eigenvalue weighted by molar-refractivity contribution is 6.06. The van der Waals surface area contributed by atoms with E-state index in [0.717, 1.165) is 43.8 Å². The van der Waals surface area contributed by atoms with Crippen molar-refractivity contribution in [2.75, 3.05) is 29.9 Å². The lowest BCUT2D eigenvalue weighted by molar-refractivity contribution is -0.137. The minimum Gasteiger partial charge on any atom is -0.371 e. The van der Waals surface area contributed by atoms with Gasteiger partial charge in [-0.15, -0.1) is 0 Å². The molecule has 1 aliphatic heterocycles. The van der Waals surface area contributed by atoms with Crippen molar-refractivity contribution in [1.29, 1.82) is 0 Å². The summed E-state index contributed by atoms with van der Waals surface area (Å²) in [5.74, 6) is -0.637. The minimum atomic E-state index is -4.53. The van der Waals surface area contributed by atoms with Gasteiger partial charge in [0.25, 0.3) is 11.8 Å². The zero-order valence-corrected chi connectivity index (χ0v) is 17.6. The normalized spacial score (nSPS) is 14.1. The fraction of sp³-hybridized carbons (Fsp3) is 0.391. The largest absolute Gasteiger partial charge is 0.416 e. The first-order chi connectivity index (χ1) is 14.6. The van der Waals surface area contributed by atoms with Crippen LogP contribution in [0.4, 0.5) is 24.5 Å². The Hall–Kier alpha value is -3.03. The monoisotopic (exact) mass is 433 g/mol. The molecule has 166 valence electrons. The number of hydrogen-bond acceptors (Lipinski definition) is 3. The average molecular weight is 433 g/mol. The van der Waals surface area contributed by atoms with Crippen LogP contribution >= 0.6 is 0 Å². The van der Waals surface area contributed by atoms with Crippen LogP contribution in [0.3, 0.4) is 0 Å². The molecule has 3 rings (SSSR count). The molecule has 0 bridgehead atoms. The number of amides is 2. The van der Waals surface area contributed by atoms with E-state index < -0.39 is 17.6 Å². The Kier molecular flexibility index (Phi) is 6.87. The quantitative estimate of drug-likeness (QED) is 0.678. The summed E-state index contributed by atoms with van der Waals surface area (Å²) in [6, 6.07) is 9.26. The summed E-state index contributed by atoms with van der Waals surface area (Å²) >= 11 is 0. The molecule has 1 aliphatic rings. The van der Waals surface area contributed by atoms with E-state index in [9.17, 15) is 22.8 Å². The smallest absolute Gasteiger partial charge is 0.371 e. The third-order valence-electron chi connectivity index (χ3n) is 5.07. The number of hydrogen-bond donors (Lipinski definition) is 2. The lowest BCUT2D eigenvalue weighted by Crippen LogP contribution is -2.30. The maximum atomic E-state index is 12.9. The topological polar surface area (TPSA) is 61.4 Å². The van der Waals surface area contributed by atoms with Gasteiger partial charge in [-0.2, -0.15) is 13.2 Å². The van der Waals surface area contributed by atoms with Gasteiger partial charge in [-0.05, 0) is 55.2 Å². The van der Waals surface area contributed by atoms with Gasteiger partial charge in [-0.1, -0.05) is 19.9 Å². The molecule has 0 unspecified atom stereocenters. The summed E-state index contributed by atoms with van der Waals surface area (Å²) in [5, 5.41) is 5.51. The van der Waals surface area contributed by atoms with Crippen LogP contribution in [-0.4, -0.2) is 31.4 Å². The second-order valence-electron chi connectivity index (χ2n) is 8.06. The van der Waals surface area contributed by atoms with Crippen molar-refractivity contribution < 1.29 is 22.8 Å². The van der Waals surface area contributed by atoms with Gasteiger partial charge < -0.3 is 15.5 Å². The SMILES string of the molecule is CC(C)CNC(=O)c1cc(NC(=O)c2cccc(C(F)(F)F)c2)ccc1N1CCCC1. The van der Waals surface area contributed by atoms with Crippen LogP contribution in [0.1, 0.15) is 53.0 Å². The average Bonchev–Trinajstić information content (AvgIpc) is 3.26. The van der Waals surface area contributed by atoms with Crippen LogP contribution in [0.15, 0.2) is 42.5 Å². The summed E-state index contributed by atoms with van der Waals surface area (Å²) in [7, 11) is 0. The Morgan fingerprint density at radius 2 is 1.74 bits per heavy atom. The van der Waals surface area contributed by atoms with Gasteiger partial charge in [0.2, 0.25) is 0 Å². The Balaban J connectivity index is 1.85. The molecule has 2 amide bonds. The van der Waals surface area contributed by atoms with Crippen LogP contribution in [0, 0.1) is 5.92 Å². The first-order valence-electron chi connectivity index (χ1n) is 10.3. The van der Waals surface area contributed by atoms with Crippen molar-refractivity contribution in [3.63, 3.8) is 0 Å². The van der Waals surface area contributed by atoms with Crippen molar-refractivity contribution in [2.45, 2.75) is 32.9 Å². The molecular formula is C23H26F3N3O2. The van der Waals surface area contributed by atoms with Crippen molar-refractivity contribution in [1.82, 2.24) is 5.32 Å². The molecule has 0 radical (unpaired) electrons. The number of anilines is 2. The number of nitrogens with one attached hydrogen (secondary N) is 2. The molecule has 0 saturated carbocycles. The Labute approximate surface area is 179 Å². The van der Waals surface area contributed by atoms with Crippen LogP contribution in [0.2, 0.25) is 0 Å². The highest BCUT2D eigenvalue weighted by Crippen LogP contribution is 2.30. The van der Waals surface area contributed by atoms with Gasteiger partial charge in [-0.25, -0.2) is 0 Å². The zero-order chi connectivity index (χ0) is 22.6. The van der Waals surface area contributed by atoms with E-state index in [1.807, 2.05) is 13.8 Å². The standard InChI is InChI=1S/C23H26F3N3O2/c1-15(2)14-27-22(31)19-13-18(8-9-20(19)29-10-3-4-11-29)28-21(30)16-6-5-7-17(12-16)23(24,25)26/h5-9,12-13,15H,3-4,10-11,14H2,1-2H3,(H,27,31)(H,28,30). The first kappa shape index (κ1) is 22.7. The van der Waals surface area contributed by atoms with Crippen LogP contribution < -0.4 is 15.5 Å². The van der Waals surface area contributed by atoms with E-state index in [0.29, 0.717) is 17.8 Å². The van der Waals surface area contributed by atoms with Crippen molar-refractivity contribution >= 4 is 23.2 Å². The highest BCUT2D eigenvalue weighted by atomic mass is 19.4. The number of carbonyl (C=O) groups is 2. The summed E-state index contributed by atoms with van der Waals surface area (Å²) in [5.41, 5.74) is 0.572. The molecule has 1 fully saturated rings. The van der Waals surface area contributed by atoms with Crippen molar-refractivity contribution in [3.05, 3.63) is 59.2 Å². The van der Waals surface area contributed by atoms with Gasteiger partial charge in [0.1, 0.15) is 0 Å². The maximum Gasteiger partial charge on any atom is 0.416 e. The van der Waals surface area contributed by atoms with Crippen LogP contribution in [-0.2, 0) is 6.18 Å². The number of carbonyl (C=O) groups excluding carboxylic acids is 2. The second kappa shape index (κ2) is 9.41. The predicted molar refractivity (Wildman–Crippen MR) is 114 cm³/mol. The van der Waals surface area contributed by atoms with Crippen molar-refractivity contribution in [3.8, 4) is 0 Å². The first-order valence-corrected chi connectivity index (χ1v) is 10.3. The minimum absolute atomic E-state index is 0.107. The van der Waals surface area contributed by atoms with E-state index in [4.69, 9.17) is 0 Å². The molecule has 31 heavy (non-hydrogen) atoms. The summed E-state index contributed by atoms with van der Waals surface area (Å²) in [4.78, 5) is 27.5. The maximum absolute atomic E-state index is 12.9. The Morgan fingerprint density at radius 3 is 2.39 bits per heavy atom. The lowest BCUT2D eigenvalue weighted by atomic mass is 10.1. The molecule has 8 heteroatoms. The molecular weight excluding hydrogens is 407 g/mol. The Bertz CT molecular complexity index is 951. The summed E-state index contributed by atoms with van der Waals surface area (Å²) in [6.45, 7) is 6.20. The van der Waals surface area contributed by atoms with Gasteiger partial charge in [-0.3, -0.25) is 9.59 Å². The summed E-state index contributed by atoms with van der Waals surface area (Å²) < 4.78 is 38.8. The number of alkyl halides is 3. The number of rotatable bonds is 6. The lowest BCUT2D eigenvalue weighted by Gasteiger charge is -2.22. The third kappa shape index (κ3) is 5.77. The number of benzene rings is 2. The van der Waals surface area contributed by atoms with E-state index in [1.54, 1.807) is 18.2 Å². The molecule has 2 aromatic carbocycles. The fourth-order valence-electron chi connectivity index (χ4n) is 3.46. The fourth-order valence-corrected chi connectivity index (χ4v) is 3.46. The van der Waals surface area contributed by atoms with Crippen LogP contribution in [0.25, 0.3) is 0 Å². The zero-order valence-electron chi connectivity index (χ0n) is 17.6. The molecule has 1 saturated heterocycles. The molecule has 1 heterocycles. The van der Waals surface area contributed by atoms with Gasteiger partial charge in [0.05, 0.1) is 11.1 Å².